The Kier molecular flexibility index (Phi) is 2.88. The van der Waals surface area contributed by atoms with Crippen molar-refractivity contribution in [2.24, 2.45) is 5.41 Å². The molecule has 6 heteroatoms. The molecule has 1 aliphatic heterocycles. The monoisotopic (exact) mass is 274 g/mol. The molecule has 3 rings (SSSR count). The van der Waals surface area contributed by atoms with Crippen molar-refractivity contribution in [1.29, 1.82) is 0 Å². The lowest BCUT2D eigenvalue weighted by Crippen LogP contribution is -2.46. The zero-order valence-corrected chi connectivity index (χ0v) is 11.7. The van der Waals surface area contributed by atoms with Crippen LogP contribution < -0.4 is 4.90 Å². The first-order valence-electron chi connectivity index (χ1n) is 6.79. The lowest BCUT2D eigenvalue weighted by atomic mass is 9.82. The number of carboxylic acids is 1. The summed E-state index contributed by atoms with van der Waals surface area (Å²) in [6.45, 7) is 5.07. The highest BCUT2D eigenvalue weighted by molar-refractivity contribution is 5.77. The van der Waals surface area contributed by atoms with E-state index >= 15 is 0 Å². The molecule has 20 heavy (non-hydrogen) atoms. The van der Waals surface area contributed by atoms with E-state index in [0.29, 0.717) is 13.0 Å². The predicted octanol–water partition coefficient (Wildman–Crippen LogP) is 1.73. The fourth-order valence-electron chi connectivity index (χ4n) is 2.87. The Morgan fingerprint density at radius 2 is 2.30 bits per heavy atom. The summed E-state index contributed by atoms with van der Waals surface area (Å²) in [6, 6.07) is 1.98. The Morgan fingerprint density at radius 1 is 1.50 bits per heavy atom. The maximum Gasteiger partial charge on any atom is 0.311 e. The van der Waals surface area contributed by atoms with E-state index in [4.69, 9.17) is 0 Å². The number of rotatable bonds is 2. The Bertz CT molecular complexity index is 666. The summed E-state index contributed by atoms with van der Waals surface area (Å²) < 4.78 is 1.80. The van der Waals surface area contributed by atoms with Crippen LogP contribution in [0.2, 0.25) is 0 Å². The number of aryl methyl sites for hydroxylation is 1. The van der Waals surface area contributed by atoms with Gasteiger partial charge in [-0.05, 0) is 32.8 Å². The number of anilines is 1. The van der Waals surface area contributed by atoms with Gasteiger partial charge in [0.05, 0.1) is 11.1 Å². The zero-order valence-electron chi connectivity index (χ0n) is 11.7. The first kappa shape index (κ1) is 12.9. The number of hydrogen-bond donors (Lipinski definition) is 1. The number of aliphatic carboxylic acids is 1. The molecule has 1 saturated heterocycles. The van der Waals surface area contributed by atoms with Gasteiger partial charge in [0, 0.05) is 25.5 Å². The van der Waals surface area contributed by atoms with Gasteiger partial charge in [-0.2, -0.15) is 5.10 Å². The van der Waals surface area contributed by atoms with Crippen molar-refractivity contribution in [3.05, 3.63) is 24.2 Å². The summed E-state index contributed by atoms with van der Waals surface area (Å²) in [5, 5.41) is 13.8. The number of piperidine rings is 1. The van der Waals surface area contributed by atoms with Crippen LogP contribution in [0.3, 0.4) is 0 Å². The minimum Gasteiger partial charge on any atom is -0.481 e. The van der Waals surface area contributed by atoms with E-state index in [2.05, 4.69) is 15.0 Å². The standard InChI is InChI=1S/C14H18N4O2/c1-10-8-11-12(15-5-7-18(11)16-10)17-6-3-4-14(2,9-17)13(19)20/h5,7-8H,3-4,6,9H2,1-2H3,(H,19,20). The number of carbonyl (C=O) groups is 1. The van der Waals surface area contributed by atoms with E-state index in [9.17, 15) is 9.90 Å². The van der Waals surface area contributed by atoms with Crippen LogP contribution in [0.25, 0.3) is 5.52 Å². The molecule has 1 fully saturated rings. The number of nitrogens with zero attached hydrogens (tertiary/aromatic N) is 4. The van der Waals surface area contributed by atoms with Crippen LogP contribution in [0.15, 0.2) is 18.5 Å². The fourth-order valence-corrected chi connectivity index (χ4v) is 2.87. The zero-order chi connectivity index (χ0) is 14.3. The summed E-state index contributed by atoms with van der Waals surface area (Å²) >= 11 is 0. The molecule has 0 aromatic carbocycles. The molecule has 0 amide bonds. The van der Waals surface area contributed by atoms with Crippen LogP contribution in [0, 0.1) is 12.3 Å². The Balaban J connectivity index is 2.00. The summed E-state index contributed by atoms with van der Waals surface area (Å²) in [5.41, 5.74) is 1.15. The first-order chi connectivity index (χ1) is 9.49. The van der Waals surface area contributed by atoms with Crippen molar-refractivity contribution < 1.29 is 9.90 Å². The van der Waals surface area contributed by atoms with E-state index in [-0.39, 0.29) is 0 Å². The Hall–Kier alpha value is -2.11. The molecule has 1 aliphatic rings. The van der Waals surface area contributed by atoms with Gasteiger partial charge in [0.25, 0.3) is 0 Å². The maximum absolute atomic E-state index is 11.5. The molecule has 106 valence electrons. The molecule has 0 radical (unpaired) electrons. The number of aromatic nitrogens is 3. The minimum absolute atomic E-state index is 0.485. The quantitative estimate of drug-likeness (QED) is 0.903. The van der Waals surface area contributed by atoms with E-state index in [1.807, 2.05) is 26.1 Å². The van der Waals surface area contributed by atoms with Crippen molar-refractivity contribution in [3.8, 4) is 0 Å². The van der Waals surface area contributed by atoms with Gasteiger partial charge >= 0.3 is 5.97 Å². The highest BCUT2D eigenvalue weighted by Gasteiger charge is 2.38. The average Bonchev–Trinajstić information content (AvgIpc) is 2.78. The Morgan fingerprint density at radius 3 is 3.05 bits per heavy atom. The Labute approximate surface area is 117 Å². The summed E-state index contributed by atoms with van der Waals surface area (Å²) in [4.78, 5) is 18.0. The van der Waals surface area contributed by atoms with Crippen molar-refractivity contribution in [2.45, 2.75) is 26.7 Å². The largest absolute Gasteiger partial charge is 0.481 e. The lowest BCUT2D eigenvalue weighted by Gasteiger charge is -2.38. The van der Waals surface area contributed by atoms with Gasteiger partial charge in [0.15, 0.2) is 5.82 Å². The maximum atomic E-state index is 11.5. The van der Waals surface area contributed by atoms with Crippen LogP contribution in [0.1, 0.15) is 25.5 Å². The third kappa shape index (κ3) is 2.01. The SMILES string of the molecule is Cc1cc2c(N3CCCC(C)(C(=O)O)C3)nccn2n1. The molecule has 6 nitrogen and oxygen atoms in total. The highest BCUT2D eigenvalue weighted by atomic mass is 16.4. The number of hydrogen-bond acceptors (Lipinski definition) is 4. The van der Waals surface area contributed by atoms with Gasteiger partial charge in [-0.3, -0.25) is 4.79 Å². The van der Waals surface area contributed by atoms with Gasteiger partial charge in [-0.25, -0.2) is 9.50 Å². The fraction of sp³-hybridized carbons (Fsp3) is 0.500. The molecule has 0 saturated carbocycles. The van der Waals surface area contributed by atoms with Crippen molar-refractivity contribution in [2.75, 3.05) is 18.0 Å². The molecule has 0 aliphatic carbocycles. The first-order valence-corrected chi connectivity index (χ1v) is 6.79. The van der Waals surface area contributed by atoms with Crippen LogP contribution in [0.5, 0.6) is 0 Å². The molecule has 0 spiro atoms. The number of carboxylic acid groups (broad SMARTS) is 1. The molecular formula is C14H18N4O2. The van der Waals surface area contributed by atoms with Gasteiger partial charge in [0.1, 0.15) is 5.52 Å². The van der Waals surface area contributed by atoms with Crippen LogP contribution in [-0.2, 0) is 4.79 Å². The summed E-state index contributed by atoms with van der Waals surface area (Å²) in [5.74, 6) is 0.0825. The van der Waals surface area contributed by atoms with E-state index in [1.54, 1.807) is 10.7 Å². The van der Waals surface area contributed by atoms with Gasteiger partial charge in [0.2, 0.25) is 0 Å². The predicted molar refractivity (Wildman–Crippen MR) is 74.9 cm³/mol. The minimum atomic E-state index is -0.737. The molecule has 3 heterocycles. The van der Waals surface area contributed by atoms with Gasteiger partial charge < -0.3 is 10.0 Å². The topological polar surface area (TPSA) is 70.7 Å². The van der Waals surface area contributed by atoms with Crippen LogP contribution in [0.4, 0.5) is 5.82 Å². The van der Waals surface area contributed by atoms with E-state index in [1.165, 1.54) is 0 Å². The molecule has 2 aromatic heterocycles. The summed E-state index contributed by atoms with van der Waals surface area (Å²) in [6.07, 6.45) is 5.09. The smallest absolute Gasteiger partial charge is 0.311 e. The van der Waals surface area contributed by atoms with Crippen molar-refractivity contribution >= 4 is 17.3 Å². The normalized spacial score (nSPS) is 23.2. The molecule has 1 unspecified atom stereocenters. The lowest BCUT2D eigenvalue weighted by molar-refractivity contribution is -0.148. The van der Waals surface area contributed by atoms with E-state index < -0.39 is 11.4 Å². The molecule has 2 aromatic rings. The number of fused-ring (bicyclic) bond motifs is 1. The molecular weight excluding hydrogens is 256 g/mol. The summed E-state index contributed by atoms with van der Waals surface area (Å²) in [7, 11) is 0. The van der Waals surface area contributed by atoms with Crippen molar-refractivity contribution in [3.63, 3.8) is 0 Å². The molecule has 1 atom stereocenters. The average molecular weight is 274 g/mol. The molecule has 1 N–H and O–H groups in total. The second-order valence-corrected chi connectivity index (χ2v) is 5.76. The second kappa shape index (κ2) is 4.47. The van der Waals surface area contributed by atoms with Gasteiger partial charge in [-0.1, -0.05) is 0 Å². The van der Waals surface area contributed by atoms with Crippen LogP contribution in [-0.4, -0.2) is 38.8 Å². The third-order valence-electron chi connectivity index (χ3n) is 4.00. The van der Waals surface area contributed by atoms with Gasteiger partial charge in [-0.15, -0.1) is 0 Å². The van der Waals surface area contributed by atoms with E-state index in [0.717, 1.165) is 30.0 Å². The van der Waals surface area contributed by atoms with Crippen molar-refractivity contribution in [1.82, 2.24) is 14.6 Å². The third-order valence-corrected chi connectivity index (χ3v) is 4.00. The second-order valence-electron chi connectivity index (χ2n) is 5.76. The highest BCUT2D eigenvalue weighted by Crippen LogP contribution is 2.33. The van der Waals surface area contributed by atoms with Crippen LogP contribution >= 0.6 is 0 Å². The molecule has 0 bridgehead atoms.